The van der Waals surface area contributed by atoms with Gasteiger partial charge in [0.2, 0.25) is 11.9 Å². The molecule has 0 atom stereocenters. The van der Waals surface area contributed by atoms with E-state index in [-0.39, 0.29) is 23.9 Å². The molecule has 2 rings (SSSR count). The second kappa shape index (κ2) is 9.90. The van der Waals surface area contributed by atoms with Crippen LogP contribution in [0.2, 0.25) is 0 Å². The van der Waals surface area contributed by atoms with Crippen molar-refractivity contribution in [1.29, 1.82) is 0 Å². The van der Waals surface area contributed by atoms with Crippen LogP contribution >= 0.6 is 0 Å². The van der Waals surface area contributed by atoms with Crippen LogP contribution in [0.5, 0.6) is 0 Å². The van der Waals surface area contributed by atoms with Crippen molar-refractivity contribution in [3.8, 4) is 0 Å². The third-order valence-electron chi connectivity index (χ3n) is 4.24. The molecule has 1 fully saturated rings. The zero-order chi connectivity index (χ0) is 18.1. The molecule has 1 aliphatic rings. The number of unbranched alkanes of at least 4 members (excludes halogenated alkanes) is 1. The molecular weight excluding hydrogens is 322 g/mol. The number of nitrogens with one attached hydrogen (secondary N) is 2. The molecule has 25 heavy (non-hydrogen) atoms. The van der Waals surface area contributed by atoms with Crippen molar-refractivity contribution in [3.05, 3.63) is 11.9 Å². The van der Waals surface area contributed by atoms with Gasteiger partial charge < -0.3 is 15.4 Å². The van der Waals surface area contributed by atoms with Gasteiger partial charge in [0, 0.05) is 19.4 Å². The fraction of sp³-hybridized carbons (Fsp3) is 0.706. The third-order valence-corrected chi connectivity index (χ3v) is 4.24. The predicted molar refractivity (Wildman–Crippen MR) is 92.6 cm³/mol. The number of anilines is 1. The molecule has 8 heteroatoms. The van der Waals surface area contributed by atoms with E-state index in [1.54, 1.807) is 6.20 Å². The summed E-state index contributed by atoms with van der Waals surface area (Å²) in [7, 11) is 0. The van der Waals surface area contributed by atoms with Gasteiger partial charge in [0.1, 0.15) is 11.8 Å². The normalized spacial score (nSPS) is 19.9. The maximum Gasteiger partial charge on any atom is 0.302 e. The molecule has 2 N–H and O–H groups in total. The zero-order valence-corrected chi connectivity index (χ0v) is 15.0. The number of esters is 1. The second-order valence-corrected chi connectivity index (χ2v) is 6.35. The van der Waals surface area contributed by atoms with Gasteiger partial charge in [-0.05, 0) is 32.1 Å². The smallest absolute Gasteiger partial charge is 0.302 e. The van der Waals surface area contributed by atoms with Crippen LogP contribution in [0, 0.1) is 5.92 Å². The molecule has 8 nitrogen and oxygen atoms in total. The van der Waals surface area contributed by atoms with Crippen molar-refractivity contribution in [2.75, 3.05) is 11.9 Å². The number of hydrogen-bond donors (Lipinski definition) is 2. The Labute approximate surface area is 148 Å². The van der Waals surface area contributed by atoms with E-state index in [0.717, 1.165) is 45.1 Å². The molecule has 0 saturated heterocycles. The quantitative estimate of drug-likeness (QED) is 0.544. The molecule has 0 spiro atoms. The summed E-state index contributed by atoms with van der Waals surface area (Å²) in [5.41, 5.74) is 0.628. The summed E-state index contributed by atoms with van der Waals surface area (Å²) in [5, 5.41) is 14.1. The number of ether oxygens (including phenoxy) is 1. The highest BCUT2D eigenvalue weighted by molar-refractivity contribution is 5.78. The monoisotopic (exact) mass is 349 g/mol. The maximum absolute atomic E-state index is 12.2. The number of carbonyl (C=O) groups is 2. The molecule has 1 aliphatic carbocycles. The number of rotatable bonds is 8. The first-order valence-corrected chi connectivity index (χ1v) is 8.96. The van der Waals surface area contributed by atoms with E-state index < -0.39 is 0 Å². The highest BCUT2D eigenvalue weighted by Crippen LogP contribution is 2.26. The summed E-state index contributed by atoms with van der Waals surface area (Å²) in [6, 6.07) is 0. The van der Waals surface area contributed by atoms with Gasteiger partial charge in [-0.3, -0.25) is 9.59 Å². The van der Waals surface area contributed by atoms with Gasteiger partial charge in [0.05, 0.1) is 12.7 Å². The average molecular weight is 349 g/mol. The lowest BCUT2D eigenvalue weighted by Gasteiger charge is -2.27. The molecule has 0 bridgehead atoms. The van der Waals surface area contributed by atoms with Crippen LogP contribution in [0.3, 0.4) is 0 Å². The highest BCUT2D eigenvalue weighted by Gasteiger charge is 2.27. The first-order valence-electron chi connectivity index (χ1n) is 8.96. The minimum Gasteiger partial charge on any atom is -0.463 e. The molecule has 1 aromatic heterocycles. The Morgan fingerprint density at radius 2 is 2.00 bits per heavy atom. The van der Waals surface area contributed by atoms with E-state index in [2.05, 4.69) is 32.7 Å². The maximum atomic E-state index is 12.2. The Morgan fingerprint density at radius 3 is 2.60 bits per heavy atom. The van der Waals surface area contributed by atoms with Crippen molar-refractivity contribution in [2.24, 2.45) is 5.92 Å². The molecule has 0 aliphatic heterocycles. The van der Waals surface area contributed by atoms with E-state index in [4.69, 9.17) is 4.74 Å². The highest BCUT2D eigenvalue weighted by atomic mass is 16.5. The van der Waals surface area contributed by atoms with Crippen molar-refractivity contribution in [2.45, 2.75) is 65.0 Å². The third kappa shape index (κ3) is 6.64. The SMILES string of the molecule is CCCCNc1ncc(CNC(=O)C2CCC(OC(C)=O)CC2)nn1. The van der Waals surface area contributed by atoms with Gasteiger partial charge in [-0.25, -0.2) is 4.98 Å². The van der Waals surface area contributed by atoms with Gasteiger partial charge in [-0.15, -0.1) is 10.2 Å². The van der Waals surface area contributed by atoms with E-state index in [9.17, 15) is 9.59 Å². The van der Waals surface area contributed by atoms with Crippen molar-refractivity contribution in [3.63, 3.8) is 0 Å². The van der Waals surface area contributed by atoms with Gasteiger partial charge in [-0.2, -0.15) is 0 Å². The Kier molecular flexibility index (Phi) is 7.56. The molecule has 1 heterocycles. The van der Waals surface area contributed by atoms with E-state index >= 15 is 0 Å². The molecular formula is C17H27N5O3. The standard InChI is InChI=1S/C17H27N5O3/c1-3-4-9-18-17-20-11-14(21-22-17)10-19-16(24)13-5-7-15(8-6-13)25-12(2)23/h11,13,15H,3-10H2,1-2H3,(H,19,24)(H,18,20,22). The van der Waals surface area contributed by atoms with Gasteiger partial charge in [-0.1, -0.05) is 13.3 Å². The lowest BCUT2D eigenvalue weighted by atomic mass is 9.87. The summed E-state index contributed by atoms with van der Waals surface area (Å²) in [5.74, 6) is 0.217. The molecule has 0 radical (unpaired) electrons. The van der Waals surface area contributed by atoms with E-state index in [1.807, 2.05) is 0 Å². The number of amides is 1. The largest absolute Gasteiger partial charge is 0.463 e. The molecule has 0 aromatic carbocycles. The molecule has 1 aromatic rings. The number of hydrogen-bond acceptors (Lipinski definition) is 7. The first kappa shape index (κ1) is 19.1. The first-order chi connectivity index (χ1) is 12.1. The summed E-state index contributed by atoms with van der Waals surface area (Å²) in [4.78, 5) is 27.4. The molecule has 138 valence electrons. The fourth-order valence-electron chi connectivity index (χ4n) is 2.84. The van der Waals surface area contributed by atoms with Crippen LogP contribution in [-0.4, -0.2) is 39.7 Å². The second-order valence-electron chi connectivity index (χ2n) is 6.35. The van der Waals surface area contributed by atoms with Crippen LogP contribution in [0.1, 0.15) is 58.1 Å². The van der Waals surface area contributed by atoms with Crippen LogP contribution in [0.4, 0.5) is 5.95 Å². The Balaban J connectivity index is 1.70. The van der Waals surface area contributed by atoms with Gasteiger partial charge >= 0.3 is 5.97 Å². The predicted octanol–water partition coefficient (Wildman–Crippen LogP) is 1.82. The Hall–Kier alpha value is -2.25. The lowest BCUT2D eigenvalue weighted by molar-refractivity contribution is -0.148. The van der Waals surface area contributed by atoms with Crippen molar-refractivity contribution in [1.82, 2.24) is 20.5 Å². The van der Waals surface area contributed by atoms with Gasteiger partial charge in [0.15, 0.2) is 0 Å². The summed E-state index contributed by atoms with van der Waals surface area (Å²) in [6.07, 6.45) is 6.66. The Morgan fingerprint density at radius 1 is 1.24 bits per heavy atom. The number of nitrogens with zero attached hydrogens (tertiary/aromatic N) is 3. The summed E-state index contributed by atoms with van der Waals surface area (Å²) in [6.45, 7) is 4.68. The number of aromatic nitrogens is 3. The van der Waals surface area contributed by atoms with Crippen molar-refractivity contribution < 1.29 is 14.3 Å². The van der Waals surface area contributed by atoms with Crippen molar-refractivity contribution >= 4 is 17.8 Å². The summed E-state index contributed by atoms with van der Waals surface area (Å²) < 4.78 is 5.19. The lowest BCUT2D eigenvalue weighted by Crippen LogP contribution is -2.35. The minimum absolute atomic E-state index is 0.00761. The summed E-state index contributed by atoms with van der Waals surface area (Å²) >= 11 is 0. The van der Waals surface area contributed by atoms with Gasteiger partial charge in [0.25, 0.3) is 0 Å². The van der Waals surface area contributed by atoms with Crippen LogP contribution < -0.4 is 10.6 Å². The average Bonchev–Trinajstić information content (AvgIpc) is 2.61. The van der Waals surface area contributed by atoms with Crippen LogP contribution in [0.15, 0.2) is 6.20 Å². The Bertz CT molecular complexity index is 556. The fourth-order valence-corrected chi connectivity index (χ4v) is 2.84. The van der Waals surface area contributed by atoms with E-state index in [0.29, 0.717) is 18.2 Å². The molecule has 1 amide bonds. The molecule has 0 unspecified atom stereocenters. The molecule has 1 saturated carbocycles. The van der Waals surface area contributed by atoms with E-state index in [1.165, 1.54) is 6.92 Å². The number of carbonyl (C=O) groups excluding carboxylic acids is 2. The van der Waals surface area contributed by atoms with Crippen LogP contribution in [0.25, 0.3) is 0 Å². The van der Waals surface area contributed by atoms with Crippen LogP contribution in [-0.2, 0) is 20.9 Å². The zero-order valence-electron chi connectivity index (χ0n) is 15.0. The minimum atomic E-state index is -0.258. The topological polar surface area (TPSA) is 106 Å².